The maximum Gasteiger partial charge on any atom is 0.123 e. The van der Waals surface area contributed by atoms with Gasteiger partial charge in [-0.15, -0.1) is 0 Å². The van der Waals surface area contributed by atoms with Crippen LogP contribution in [-0.4, -0.2) is 24.7 Å². The van der Waals surface area contributed by atoms with Crippen molar-refractivity contribution in [3.8, 4) is 0 Å². The minimum Gasteiger partial charge on any atom is -0.379 e. The number of nitrogens with zero attached hydrogens (tertiary/aromatic N) is 1. The minimum absolute atomic E-state index is 0.112. The normalized spacial score (nSPS) is 19.0. The SMILES string of the molecule is C=C(C=C(C)C)N1CCCOCC1c1cc(F)ccc1Cl. The van der Waals surface area contributed by atoms with Crippen LogP contribution in [0.1, 0.15) is 31.9 Å². The smallest absolute Gasteiger partial charge is 0.123 e. The van der Waals surface area contributed by atoms with E-state index in [0.717, 1.165) is 24.2 Å². The van der Waals surface area contributed by atoms with Crippen LogP contribution in [0.4, 0.5) is 4.39 Å². The van der Waals surface area contributed by atoms with Crippen LogP contribution in [0.3, 0.4) is 0 Å². The lowest BCUT2D eigenvalue weighted by molar-refractivity contribution is 0.112. The molecule has 0 bridgehead atoms. The molecular formula is C17H21ClFNO. The molecule has 1 unspecified atom stereocenters. The summed E-state index contributed by atoms with van der Waals surface area (Å²) in [6, 6.07) is 4.35. The highest BCUT2D eigenvalue weighted by molar-refractivity contribution is 6.31. The van der Waals surface area contributed by atoms with Gasteiger partial charge in [0.2, 0.25) is 0 Å². The minimum atomic E-state index is -0.286. The zero-order valence-electron chi connectivity index (χ0n) is 12.5. The second-order valence-corrected chi connectivity index (χ2v) is 5.92. The second kappa shape index (κ2) is 7.10. The third kappa shape index (κ3) is 4.08. The third-order valence-corrected chi connectivity index (χ3v) is 3.83. The van der Waals surface area contributed by atoms with Crippen LogP contribution in [0.2, 0.25) is 5.02 Å². The molecule has 0 N–H and O–H groups in total. The number of hydrogen-bond acceptors (Lipinski definition) is 2. The second-order valence-electron chi connectivity index (χ2n) is 5.52. The summed E-state index contributed by atoms with van der Waals surface area (Å²) in [5, 5.41) is 0.557. The molecule has 0 saturated carbocycles. The molecule has 21 heavy (non-hydrogen) atoms. The van der Waals surface area contributed by atoms with E-state index in [1.165, 1.54) is 17.7 Å². The zero-order chi connectivity index (χ0) is 15.4. The molecule has 1 aliphatic rings. The van der Waals surface area contributed by atoms with E-state index in [4.69, 9.17) is 16.3 Å². The first-order valence-corrected chi connectivity index (χ1v) is 7.50. The van der Waals surface area contributed by atoms with Crippen molar-refractivity contribution in [2.75, 3.05) is 19.8 Å². The molecule has 1 heterocycles. The summed E-state index contributed by atoms with van der Waals surface area (Å²) in [4.78, 5) is 2.15. The van der Waals surface area contributed by atoms with Gasteiger partial charge in [0.05, 0.1) is 12.6 Å². The molecule has 114 valence electrons. The summed E-state index contributed by atoms with van der Waals surface area (Å²) >= 11 is 6.26. The predicted molar refractivity (Wildman–Crippen MR) is 84.9 cm³/mol. The summed E-state index contributed by atoms with van der Waals surface area (Å²) in [5.74, 6) is -0.286. The molecule has 1 aliphatic heterocycles. The van der Waals surface area contributed by atoms with Crippen molar-refractivity contribution in [1.29, 1.82) is 0 Å². The van der Waals surface area contributed by atoms with Crippen molar-refractivity contribution >= 4 is 11.6 Å². The van der Waals surface area contributed by atoms with Crippen LogP contribution in [0, 0.1) is 5.82 Å². The molecule has 1 atom stereocenters. The van der Waals surface area contributed by atoms with Gasteiger partial charge in [-0.2, -0.15) is 0 Å². The Morgan fingerprint density at radius 2 is 2.24 bits per heavy atom. The predicted octanol–water partition coefficient (Wildman–Crippen LogP) is 4.72. The number of benzene rings is 1. The average molecular weight is 310 g/mol. The Balaban J connectivity index is 2.38. The highest BCUT2D eigenvalue weighted by Gasteiger charge is 2.25. The molecule has 0 spiro atoms. The Morgan fingerprint density at radius 1 is 1.48 bits per heavy atom. The Bertz CT molecular complexity index is 552. The van der Waals surface area contributed by atoms with Gasteiger partial charge in [-0.3, -0.25) is 0 Å². The topological polar surface area (TPSA) is 12.5 Å². The molecule has 0 aromatic heterocycles. The summed E-state index contributed by atoms with van der Waals surface area (Å²) < 4.78 is 19.2. The number of ether oxygens (including phenoxy) is 1. The van der Waals surface area contributed by atoms with Crippen molar-refractivity contribution in [1.82, 2.24) is 4.90 Å². The lowest BCUT2D eigenvalue weighted by Gasteiger charge is -2.32. The van der Waals surface area contributed by atoms with Crippen LogP contribution < -0.4 is 0 Å². The fourth-order valence-corrected chi connectivity index (χ4v) is 2.81. The molecule has 2 rings (SSSR count). The van der Waals surface area contributed by atoms with E-state index in [1.807, 2.05) is 19.9 Å². The molecule has 0 aliphatic carbocycles. The van der Waals surface area contributed by atoms with E-state index in [2.05, 4.69) is 11.5 Å². The van der Waals surface area contributed by atoms with Crippen LogP contribution >= 0.6 is 11.6 Å². The van der Waals surface area contributed by atoms with Gasteiger partial charge in [0.25, 0.3) is 0 Å². The Hall–Kier alpha value is -1.32. The van der Waals surface area contributed by atoms with Gasteiger partial charge < -0.3 is 9.64 Å². The van der Waals surface area contributed by atoms with E-state index >= 15 is 0 Å². The van der Waals surface area contributed by atoms with Gasteiger partial charge in [-0.1, -0.05) is 23.8 Å². The fraction of sp³-hybridized carbons (Fsp3) is 0.412. The van der Waals surface area contributed by atoms with Crippen LogP contribution in [0.5, 0.6) is 0 Å². The van der Waals surface area contributed by atoms with E-state index in [9.17, 15) is 4.39 Å². The number of allylic oxidation sites excluding steroid dienone is 2. The molecule has 1 saturated heterocycles. The van der Waals surface area contributed by atoms with Gasteiger partial charge in [-0.05, 0) is 50.1 Å². The number of rotatable bonds is 3. The van der Waals surface area contributed by atoms with Gasteiger partial charge >= 0.3 is 0 Å². The largest absolute Gasteiger partial charge is 0.379 e. The molecular weight excluding hydrogens is 289 g/mol. The third-order valence-electron chi connectivity index (χ3n) is 3.48. The first-order chi connectivity index (χ1) is 9.99. The summed E-state index contributed by atoms with van der Waals surface area (Å²) in [6.45, 7) is 10.2. The summed E-state index contributed by atoms with van der Waals surface area (Å²) in [7, 11) is 0. The standard InChI is InChI=1S/C17H21ClFNO/c1-12(2)9-13(3)20-7-4-8-21-11-17(20)15-10-14(19)5-6-16(15)18/h5-6,9-10,17H,3-4,7-8,11H2,1-2H3. The maximum atomic E-state index is 13.6. The average Bonchev–Trinajstić information content (AvgIpc) is 2.66. The van der Waals surface area contributed by atoms with Crippen LogP contribution in [0.15, 0.2) is 42.1 Å². The highest BCUT2D eigenvalue weighted by Crippen LogP contribution is 2.32. The molecule has 4 heteroatoms. The Labute approximate surface area is 130 Å². The summed E-state index contributed by atoms with van der Waals surface area (Å²) in [5.41, 5.74) is 2.84. The first kappa shape index (κ1) is 16.1. The number of halogens is 2. The van der Waals surface area contributed by atoms with Crippen molar-refractivity contribution in [3.05, 3.63) is 58.5 Å². The Morgan fingerprint density at radius 3 is 2.95 bits per heavy atom. The van der Waals surface area contributed by atoms with E-state index in [-0.39, 0.29) is 11.9 Å². The van der Waals surface area contributed by atoms with Gasteiger partial charge in [0.15, 0.2) is 0 Å². The van der Waals surface area contributed by atoms with Crippen molar-refractivity contribution in [3.63, 3.8) is 0 Å². The molecule has 2 nitrogen and oxygen atoms in total. The quantitative estimate of drug-likeness (QED) is 0.749. The number of hydrogen-bond donors (Lipinski definition) is 0. The van der Waals surface area contributed by atoms with E-state index < -0.39 is 0 Å². The molecule has 1 aromatic rings. The van der Waals surface area contributed by atoms with Crippen molar-refractivity contribution in [2.24, 2.45) is 0 Å². The molecule has 0 radical (unpaired) electrons. The molecule has 0 amide bonds. The lowest BCUT2D eigenvalue weighted by atomic mass is 10.0. The van der Waals surface area contributed by atoms with Crippen LogP contribution in [0.25, 0.3) is 0 Å². The first-order valence-electron chi connectivity index (χ1n) is 7.12. The van der Waals surface area contributed by atoms with Crippen LogP contribution in [-0.2, 0) is 4.74 Å². The van der Waals surface area contributed by atoms with E-state index in [1.54, 1.807) is 6.07 Å². The zero-order valence-corrected chi connectivity index (χ0v) is 13.3. The van der Waals surface area contributed by atoms with Crippen molar-refractivity contribution in [2.45, 2.75) is 26.3 Å². The van der Waals surface area contributed by atoms with Gasteiger partial charge in [0.1, 0.15) is 5.82 Å². The van der Waals surface area contributed by atoms with E-state index in [0.29, 0.717) is 18.2 Å². The van der Waals surface area contributed by atoms with Gasteiger partial charge in [0, 0.05) is 23.9 Å². The maximum absolute atomic E-state index is 13.6. The highest BCUT2D eigenvalue weighted by atomic mass is 35.5. The monoisotopic (exact) mass is 309 g/mol. The van der Waals surface area contributed by atoms with Gasteiger partial charge in [-0.25, -0.2) is 4.39 Å². The molecule has 1 aromatic carbocycles. The Kier molecular flexibility index (Phi) is 5.43. The summed E-state index contributed by atoms with van der Waals surface area (Å²) in [6.07, 6.45) is 2.95. The van der Waals surface area contributed by atoms with Crippen molar-refractivity contribution < 1.29 is 9.13 Å². The fourth-order valence-electron chi connectivity index (χ4n) is 2.57. The molecule has 1 fully saturated rings. The lowest BCUT2D eigenvalue weighted by Crippen LogP contribution is -2.29.